The molecule has 0 aliphatic rings. The Hall–Kier alpha value is -3.27. The average Bonchev–Trinajstić information content (AvgIpc) is 2.76. The number of hydrogen-bond donors (Lipinski definition) is 0. The summed E-state index contributed by atoms with van der Waals surface area (Å²) in [6, 6.07) is 24.9. The Morgan fingerprint density at radius 3 is 2.32 bits per heavy atom. The van der Waals surface area contributed by atoms with Gasteiger partial charge in [-0.05, 0) is 42.2 Å². The van der Waals surface area contributed by atoms with Crippen molar-refractivity contribution >= 4 is 5.97 Å². The van der Waals surface area contributed by atoms with Gasteiger partial charge < -0.3 is 14.2 Å². The first-order chi connectivity index (χ1) is 13.8. The van der Waals surface area contributed by atoms with E-state index < -0.39 is 0 Å². The van der Waals surface area contributed by atoms with Crippen molar-refractivity contribution in [3.8, 4) is 11.5 Å². The molecule has 0 heterocycles. The minimum absolute atomic E-state index is 0.295. The van der Waals surface area contributed by atoms with E-state index in [1.165, 1.54) is 0 Å². The Morgan fingerprint density at radius 2 is 1.61 bits per heavy atom. The van der Waals surface area contributed by atoms with Gasteiger partial charge in [0.25, 0.3) is 0 Å². The second kappa shape index (κ2) is 10.2. The number of hydrogen-bond acceptors (Lipinski definition) is 4. The molecule has 0 aliphatic heterocycles. The van der Waals surface area contributed by atoms with Gasteiger partial charge in [0.2, 0.25) is 0 Å². The Morgan fingerprint density at radius 1 is 0.893 bits per heavy atom. The van der Waals surface area contributed by atoms with Gasteiger partial charge in [0.15, 0.2) is 0 Å². The maximum Gasteiger partial charge on any atom is 0.338 e. The predicted molar refractivity (Wildman–Crippen MR) is 109 cm³/mol. The highest BCUT2D eigenvalue weighted by atomic mass is 16.5. The van der Waals surface area contributed by atoms with Crippen LogP contribution in [0.5, 0.6) is 11.5 Å². The maximum atomic E-state index is 12.0. The molecule has 0 amide bonds. The lowest BCUT2D eigenvalue weighted by atomic mass is 10.1. The zero-order valence-electron chi connectivity index (χ0n) is 16.0. The minimum Gasteiger partial charge on any atom is -0.497 e. The van der Waals surface area contributed by atoms with E-state index in [1.807, 2.05) is 66.7 Å². The molecule has 28 heavy (non-hydrogen) atoms. The quantitative estimate of drug-likeness (QED) is 0.387. The lowest BCUT2D eigenvalue weighted by Crippen LogP contribution is -2.07. The molecule has 0 fully saturated rings. The maximum absolute atomic E-state index is 12.0. The van der Waals surface area contributed by atoms with Crippen LogP contribution < -0.4 is 9.47 Å². The molecule has 0 saturated carbocycles. The van der Waals surface area contributed by atoms with Gasteiger partial charge in [0, 0.05) is 6.07 Å². The van der Waals surface area contributed by atoms with Gasteiger partial charge in [-0.25, -0.2) is 4.79 Å². The second-order valence-electron chi connectivity index (χ2n) is 6.35. The Labute approximate surface area is 165 Å². The van der Waals surface area contributed by atoms with Crippen molar-refractivity contribution in [1.82, 2.24) is 0 Å². The molecule has 3 aromatic carbocycles. The van der Waals surface area contributed by atoms with Gasteiger partial charge >= 0.3 is 5.97 Å². The summed E-state index contributed by atoms with van der Waals surface area (Å²) in [5, 5.41) is 0. The summed E-state index contributed by atoms with van der Waals surface area (Å²) in [4.78, 5) is 12.0. The number of benzene rings is 3. The molecule has 144 valence electrons. The number of carbonyl (C=O) groups excluding carboxylic acids is 1. The molecule has 4 nitrogen and oxygen atoms in total. The number of carbonyl (C=O) groups is 1. The monoisotopic (exact) mass is 376 g/mol. The fourth-order valence-electron chi connectivity index (χ4n) is 2.82. The summed E-state index contributed by atoms with van der Waals surface area (Å²) in [6.45, 7) is 0.849. The van der Waals surface area contributed by atoms with Crippen LogP contribution in [0.4, 0.5) is 0 Å². The average molecular weight is 376 g/mol. The van der Waals surface area contributed by atoms with Crippen LogP contribution in [0, 0.1) is 0 Å². The van der Waals surface area contributed by atoms with Crippen LogP contribution in [0.15, 0.2) is 78.9 Å². The third kappa shape index (κ3) is 5.61. The molecule has 3 rings (SSSR count). The van der Waals surface area contributed by atoms with Gasteiger partial charge in [0.05, 0.1) is 19.3 Å². The van der Waals surface area contributed by atoms with E-state index in [1.54, 1.807) is 19.2 Å². The summed E-state index contributed by atoms with van der Waals surface area (Å²) in [6.07, 6.45) is 1.46. The predicted octanol–water partition coefficient (Wildman–Crippen LogP) is 5.06. The smallest absolute Gasteiger partial charge is 0.338 e. The van der Waals surface area contributed by atoms with Crippen molar-refractivity contribution in [2.45, 2.75) is 19.4 Å². The van der Waals surface area contributed by atoms with Crippen LogP contribution in [0.1, 0.15) is 27.9 Å². The second-order valence-corrected chi connectivity index (χ2v) is 6.35. The molecular weight excluding hydrogens is 352 g/mol. The summed E-state index contributed by atoms with van der Waals surface area (Å²) >= 11 is 0. The highest BCUT2D eigenvalue weighted by Crippen LogP contribution is 2.27. The topological polar surface area (TPSA) is 44.8 Å². The first-order valence-electron chi connectivity index (χ1n) is 9.32. The third-order valence-electron chi connectivity index (χ3n) is 4.34. The SMILES string of the molecule is COc1ccc(CCCOC(=O)c2ccccc2)c(OCc2ccccc2)c1. The van der Waals surface area contributed by atoms with Crippen molar-refractivity contribution in [3.63, 3.8) is 0 Å². The fourth-order valence-corrected chi connectivity index (χ4v) is 2.82. The number of esters is 1. The molecule has 3 aromatic rings. The van der Waals surface area contributed by atoms with Crippen LogP contribution in [-0.4, -0.2) is 19.7 Å². The number of rotatable bonds is 9. The number of ether oxygens (including phenoxy) is 3. The van der Waals surface area contributed by atoms with E-state index in [0.717, 1.165) is 29.0 Å². The summed E-state index contributed by atoms with van der Waals surface area (Å²) < 4.78 is 16.7. The van der Waals surface area contributed by atoms with E-state index in [-0.39, 0.29) is 5.97 Å². The summed E-state index contributed by atoms with van der Waals surface area (Å²) in [7, 11) is 1.64. The van der Waals surface area contributed by atoms with E-state index in [4.69, 9.17) is 14.2 Å². The lowest BCUT2D eigenvalue weighted by Gasteiger charge is -2.13. The van der Waals surface area contributed by atoms with Gasteiger partial charge in [-0.2, -0.15) is 0 Å². The Bertz CT molecular complexity index is 876. The fraction of sp³-hybridized carbons (Fsp3) is 0.208. The highest BCUT2D eigenvalue weighted by Gasteiger charge is 2.09. The molecule has 0 aromatic heterocycles. The molecule has 0 bridgehead atoms. The van der Waals surface area contributed by atoms with Gasteiger partial charge in [-0.15, -0.1) is 0 Å². The number of aryl methyl sites for hydroxylation is 1. The molecule has 0 unspecified atom stereocenters. The first-order valence-corrected chi connectivity index (χ1v) is 9.32. The van der Waals surface area contributed by atoms with E-state index >= 15 is 0 Å². The van der Waals surface area contributed by atoms with Crippen LogP contribution in [-0.2, 0) is 17.8 Å². The van der Waals surface area contributed by atoms with Crippen molar-refractivity contribution in [3.05, 3.63) is 95.6 Å². The first kappa shape index (κ1) is 19.5. The summed E-state index contributed by atoms with van der Waals surface area (Å²) in [5.74, 6) is 1.25. The van der Waals surface area contributed by atoms with E-state index in [0.29, 0.717) is 25.2 Å². The van der Waals surface area contributed by atoms with Crippen LogP contribution in [0.3, 0.4) is 0 Å². The molecule has 0 radical (unpaired) electrons. The zero-order chi connectivity index (χ0) is 19.6. The molecule has 0 spiro atoms. The number of methoxy groups -OCH3 is 1. The van der Waals surface area contributed by atoms with Gasteiger partial charge in [-0.3, -0.25) is 0 Å². The van der Waals surface area contributed by atoms with Crippen LogP contribution >= 0.6 is 0 Å². The molecule has 4 heteroatoms. The Kier molecular flexibility index (Phi) is 7.08. The molecule has 0 aliphatic carbocycles. The van der Waals surface area contributed by atoms with Crippen LogP contribution in [0.25, 0.3) is 0 Å². The molecule has 0 atom stereocenters. The van der Waals surface area contributed by atoms with E-state index in [9.17, 15) is 4.79 Å². The lowest BCUT2D eigenvalue weighted by molar-refractivity contribution is 0.0500. The molecule has 0 N–H and O–H groups in total. The Balaban J connectivity index is 1.56. The standard InChI is InChI=1S/C24H24O4/c1-26-22-15-14-20(23(17-22)28-18-19-9-4-2-5-10-19)13-8-16-27-24(25)21-11-6-3-7-12-21/h2-7,9-12,14-15,17H,8,13,16,18H2,1H3. The normalized spacial score (nSPS) is 10.3. The van der Waals surface area contributed by atoms with Crippen molar-refractivity contribution in [1.29, 1.82) is 0 Å². The highest BCUT2D eigenvalue weighted by molar-refractivity contribution is 5.89. The van der Waals surface area contributed by atoms with Crippen LogP contribution in [0.2, 0.25) is 0 Å². The third-order valence-corrected chi connectivity index (χ3v) is 4.34. The van der Waals surface area contributed by atoms with Crippen molar-refractivity contribution < 1.29 is 19.0 Å². The molecule has 0 saturated heterocycles. The zero-order valence-corrected chi connectivity index (χ0v) is 16.0. The largest absolute Gasteiger partial charge is 0.497 e. The minimum atomic E-state index is -0.295. The van der Waals surface area contributed by atoms with E-state index in [2.05, 4.69) is 0 Å². The molecular formula is C24H24O4. The summed E-state index contributed by atoms with van der Waals surface area (Å²) in [5.41, 5.74) is 2.74. The van der Waals surface area contributed by atoms with Crippen molar-refractivity contribution in [2.75, 3.05) is 13.7 Å². The van der Waals surface area contributed by atoms with Gasteiger partial charge in [-0.1, -0.05) is 54.6 Å². The van der Waals surface area contributed by atoms with Crippen molar-refractivity contribution in [2.24, 2.45) is 0 Å². The van der Waals surface area contributed by atoms with Gasteiger partial charge in [0.1, 0.15) is 18.1 Å².